The van der Waals surface area contributed by atoms with E-state index in [-0.39, 0.29) is 11.7 Å². The van der Waals surface area contributed by atoms with Gasteiger partial charge in [-0.05, 0) is 36.2 Å². The summed E-state index contributed by atoms with van der Waals surface area (Å²) in [5.41, 5.74) is 6.12. The maximum atomic E-state index is 12.7. The van der Waals surface area contributed by atoms with Crippen molar-refractivity contribution in [3.63, 3.8) is 0 Å². The van der Waals surface area contributed by atoms with Gasteiger partial charge in [-0.15, -0.1) is 5.54 Å². The molecule has 0 spiro atoms. The van der Waals surface area contributed by atoms with Crippen molar-refractivity contribution in [1.82, 2.24) is 0 Å². The maximum absolute atomic E-state index is 12.7. The summed E-state index contributed by atoms with van der Waals surface area (Å²) in [5, 5.41) is 0.714. The van der Waals surface area contributed by atoms with Crippen LogP contribution < -0.4 is 0 Å². The fourth-order valence-corrected chi connectivity index (χ4v) is 3.01. The lowest BCUT2D eigenvalue weighted by Gasteiger charge is -2.11. The quantitative estimate of drug-likeness (QED) is 0.395. The summed E-state index contributed by atoms with van der Waals surface area (Å²) in [7, 11) is -1.42. The van der Waals surface area contributed by atoms with Crippen molar-refractivity contribution < 1.29 is 4.79 Å². The summed E-state index contributed by atoms with van der Waals surface area (Å²) < 4.78 is 0. The average molecular weight is 355 g/mol. The van der Waals surface area contributed by atoms with Gasteiger partial charge in [-0.3, -0.25) is 4.79 Å². The summed E-state index contributed by atoms with van der Waals surface area (Å²) >= 11 is 5.91. The zero-order valence-electron chi connectivity index (χ0n) is 14.7. The first-order chi connectivity index (χ1) is 11.2. The summed E-state index contributed by atoms with van der Waals surface area (Å²) in [6.45, 7) is 8.60. The lowest BCUT2D eigenvalue weighted by atomic mass is 9.92. The van der Waals surface area contributed by atoms with Crippen LogP contribution in [0.4, 0.5) is 0 Å². The number of hydrogen-bond acceptors (Lipinski definition) is 1. The number of carbonyl (C=O) groups is 1. The van der Waals surface area contributed by atoms with Crippen LogP contribution in [0.15, 0.2) is 48.5 Å². The number of rotatable bonds is 4. The Hall–Kier alpha value is -1.82. The van der Waals surface area contributed by atoms with Gasteiger partial charge in [0, 0.05) is 22.1 Å². The predicted molar refractivity (Wildman–Crippen MR) is 105 cm³/mol. The fraction of sp³-hybridized carbons (Fsp3) is 0.286. The van der Waals surface area contributed by atoms with E-state index >= 15 is 0 Å². The van der Waals surface area contributed by atoms with Crippen LogP contribution in [-0.2, 0) is 6.42 Å². The molecule has 2 aromatic rings. The number of benzene rings is 2. The van der Waals surface area contributed by atoms with Crippen molar-refractivity contribution in [2.75, 3.05) is 0 Å². The first-order valence-electron chi connectivity index (χ1n) is 8.16. The van der Waals surface area contributed by atoms with Crippen molar-refractivity contribution in [3.05, 3.63) is 70.2 Å². The molecule has 0 radical (unpaired) electrons. The topological polar surface area (TPSA) is 17.1 Å². The Morgan fingerprint density at radius 1 is 1.12 bits per heavy atom. The van der Waals surface area contributed by atoms with Crippen molar-refractivity contribution in [2.45, 2.75) is 33.0 Å². The van der Waals surface area contributed by atoms with Gasteiger partial charge in [-0.2, -0.15) is 0 Å². The van der Waals surface area contributed by atoms with Crippen LogP contribution in [0.3, 0.4) is 0 Å². The van der Waals surface area contributed by atoms with Crippen LogP contribution in [0, 0.1) is 17.4 Å². The lowest BCUT2D eigenvalue weighted by molar-refractivity contribution is 0.0929. The van der Waals surface area contributed by atoms with E-state index in [9.17, 15) is 4.79 Å². The second-order valence-electron chi connectivity index (χ2n) is 7.18. The first-order valence-corrected chi connectivity index (χ1v) is 12.0. The molecule has 2 rings (SSSR count). The van der Waals surface area contributed by atoms with Crippen molar-refractivity contribution in [1.29, 1.82) is 0 Å². The third kappa shape index (κ3) is 5.67. The molecular formula is C21H23ClOSi. The van der Waals surface area contributed by atoms with Gasteiger partial charge in [0.25, 0.3) is 0 Å². The number of hydrogen-bond donors (Lipinski definition) is 0. The minimum atomic E-state index is -1.42. The molecule has 0 saturated carbocycles. The standard InChI is InChI=1S/C21H23ClOSi/c1-16(14-18-8-10-20(22)11-9-18)21(23)19-7-5-6-17(15-19)12-13-24(2,3)4/h5-11,15-16H,14H2,1-4H3. The van der Waals surface area contributed by atoms with Gasteiger partial charge in [-0.1, -0.05) is 68.4 Å². The highest BCUT2D eigenvalue weighted by atomic mass is 35.5. The average Bonchev–Trinajstić information content (AvgIpc) is 2.54. The molecule has 124 valence electrons. The highest BCUT2D eigenvalue weighted by Gasteiger charge is 2.16. The van der Waals surface area contributed by atoms with E-state index in [2.05, 4.69) is 31.1 Å². The molecule has 0 amide bonds. The largest absolute Gasteiger partial charge is 0.294 e. The Labute approximate surface area is 151 Å². The van der Waals surface area contributed by atoms with Crippen LogP contribution in [0.1, 0.15) is 28.4 Å². The van der Waals surface area contributed by atoms with Crippen LogP contribution in [-0.4, -0.2) is 13.9 Å². The number of halogens is 1. The van der Waals surface area contributed by atoms with Gasteiger partial charge < -0.3 is 0 Å². The zero-order chi connectivity index (χ0) is 17.7. The molecule has 0 N–H and O–H groups in total. The normalized spacial score (nSPS) is 12.2. The van der Waals surface area contributed by atoms with E-state index in [1.54, 1.807) is 0 Å². The molecule has 3 heteroatoms. The maximum Gasteiger partial charge on any atom is 0.166 e. The molecular weight excluding hydrogens is 332 g/mol. The number of carbonyl (C=O) groups excluding carboxylic acids is 1. The van der Waals surface area contributed by atoms with E-state index < -0.39 is 8.07 Å². The third-order valence-electron chi connectivity index (χ3n) is 3.63. The molecule has 0 aliphatic rings. The monoisotopic (exact) mass is 354 g/mol. The predicted octanol–water partition coefficient (Wildman–Crippen LogP) is 5.63. The first kappa shape index (κ1) is 18.5. The second-order valence-corrected chi connectivity index (χ2v) is 12.4. The van der Waals surface area contributed by atoms with Gasteiger partial charge in [0.05, 0.1) is 0 Å². The molecule has 0 heterocycles. The van der Waals surface area contributed by atoms with E-state index in [0.29, 0.717) is 11.4 Å². The van der Waals surface area contributed by atoms with E-state index in [0.717, 1.165) is 16.7 Å². The fourth-order valence-electron chi connectivity index (χ4n) is 2.36. The summed E-state index contributed by atoms with van der Waals surface area (Å²) in [4.78, 5) is 12.7. The Kier molecular flexibility index (Phi) is 6.04. The summed E-state index contributed by atoms with van der Waals surface area (Å²) in [6, 6.07) is 15.3. The summed E-state index contributed by atoms with van der Waals surface area (Å²) in [5.74, 6) is 3.30. The van der Waals surface area contributed by atoms with Crippen molar-refractivity contribution in [3.8, 4) is 11.5 Å². The molecule has 0 aliphatic heterocycles. The highest BCUT2D eigenvalue weighted by Crippen LogP contribution is 2.17. The molecule has 0 bridgehead atoms. The minimum absolute atomic E-state index is 0.0774. The van der Waals surface area contributed by atoms with Crippen molar-refractivity contribution in [2.24, 2.45) is 5.92 Å². The molecule has 0 aliphatic carbocycles. The molecule has 0 fully saturated rings. The number of ketones is 1. The van der Waals surface area contributed by atoms with E-state index in [1.165, 1.54) is 0 Å². The second kappa shape index (κ2) is 7.83. The van der Waals surface area contributed by atoms with Crippen molar-refractivity contribution >= 4 is 25.5 Å². The van der Waals surface area contributed by atoms with E-state index in [1.807, 2.05) is 55.5 Å². The third-order valence-corrected chi connectivity index (χ3v) is 4.76. The lowest BCUT2D eigenvalue weighted by Crippen LogP contribution is -2.16. The van der Waals surface area contributed by atoms with Gasteiger partial charge in [-0.25, -0.2) is 0 Å². The molecule has 24 heavy (non-hydrogen) atoms. The molecule has 1 unspecified atom stereocenters. The summed E-state index contributed by atoms with van der Waals surface area (Å²) in [6.07, 6.45) is 0.709. The Morgan fingerprint density at radius 2 is 1.79 bits per heavy atom. The van der Waals surface area contributed by atoms with Crippen LogP contribution in [0.2, 0.25) is 24.7 Å². The van der Waals surface area contributed by atoms with E-state index in [4.69, 9.17) is 11.6 Å². The molecule has 0 aromatic heterocycles. The van der Waals surface area contributed by atoms with Crippen LogP contribution in [0.5, 0.6) is 0 Å². The Balaban J connectivity index is 2.13. The Bertz CT molecular complexity index is 776. The minimum Gasteiger partial charge on any atom is -0.294 e. The smallest absolute Gasteiger partial charge is 0.166 e. The highest BCUT2D eigenvalue weighted by molar-refractivity contribution is 6.83. The SMILES string of the molecule is CC(Cc1ccc(Cl)cc1)C(=O)c1cccc(C#C[Si](C)(C)C)c1. The Morgan fingerprint density at radius 3 is 2.42 bits per heavy atom. The van der Waals surface area contributed by atoms with Gasteiger partial charge in [0.2, 0.25) is 0 Å². The van der Waals surface area contributed by atoms with Gasteiger partial charge >= 0.3 is 0 Å². The van der Waals surface area contributed by atoms with Crippen LogP contribution >= 0.6 is 11.6 Å². The molecule has 0 saturated heterocycles. The van der Waals surface area contributed by atoms with Gasteiger partial charge in [0.1, 0.15) is 8.07 Å². The van der Waals surface area contributed by atoms with Gasteiger partial charge in [0.15, 0.2) is 5.78 Å². The molecule has 1 atom stereocenters. The molecule has 2 aromatic carbocycles. The van der Waals surface area contributed by atoms with Crippen LogP contribution in [0.25, 0.3) is 0 Å². The molecule has 1 nitrogen and oxygen atoms in total. The number of Topliss-reactive ketones (excluding diaryl/α,β-unsaturated/α-hetero) is 1. The zero-order valence-corrected chi connectivity index (χ0v) is 16.4.